The second kappa shape index (κ2) is 7.96. The molecule has 8 nitrogen and oxygen atoms in total. The van der Waals surface area contributed by atoms with Crippen molar-refractivity contribution in [3.05, 3.63) is 75.1 Å². The largest absolute Gasteiger partial charge is 0.337 e. The maximum atomic E-state index is 12.4. The number of hydrogen-bond acceptors (Lipinski definition) is 6. The molecule has 0 aliphatic rings. The molecule has 2 aromatic carbocycles. The maximum Gasteiger partial charge on any atom is 0.273 e. The van der Waals surface area contributed by atoms with Crippen molar-refractivity contribution in [2.75, 3.05) is 7.05 Å². The highest BCUT2D eigenvalue weighted by molar-refractivity contribution is 6.33. The normalized spacial score (nSPS) is 10.6. The quantitative estimate of drug-likeness (QED) is 0.474. The minimum absolute atomic E-state index is 0.0803. The van der Waals surface area contributed by atoms with E-state index in [1.807, 2.05) is 0 Å². The van der Waals surface area contributed by atoms with Crippen molar-refractivity contribution < 1.29 is 14.2 Å². The smallest absolute Gasteiger partial charge is 0.273 e. The fraction of sp³-hybridized carbons (Fsp3) is 0.167. The zero-order chi connectivity index (χ0) is 19.4. The number of halogens is 1. The van der Waals surface area contributed by atoms with E-state index in [4.69, 9.17) is 16.1 Å². The number of rotatable bonds is 6. The lowest BCUT2D eigenvalue weighted by molar-refractivity contribution is -0.385. The van der Waals surface area contributed by atoms with Gasteiger partial charge in [-0.3, -0.25) is 14.9 Å². The third-order valence-electron chi connectivity index (χ3n) is 3.91. The van der Waals surface area contributed by atoms with E-state index in [9.17, 15) is 14.9 Å². The van der Waals surface area contributed by atoms with Crippen molar-refractivity contribution in [3.8, 4) is 11.4 Å². The first-order valence-corrected chi connectivity index (χ1v) is 8.37. The molecule has 0 unspecified atom stereocenters. The van der Waals surface area contributed by atoms with Gasteiger partial charge in [-0.05, 0) is 12.1 Å². The molecule has 9 heteroatoms. The third kappa shape index (κ3) is 4.29. The minimum Gasteiger partial charge on any atom is -0.337 e. The lowest BCUT2D eigenvalue weighted by Gasteiger charge is -2.14. The summed E-state index contributed by atoms with van der Waals surface area (Å²) in [6, 6.07) is 13.2. The number of likely N-dealkylation sites (N-methyl/N-ethyl adjacent to an activating group) is 1. The van der Waals surface area contributed by atoms with Crippen LogP contribution in [0.4, 0.5) is 5.69 Å². The summed E-state index contributed by atoms with van der Waals surface area (Å²) in [4.78, 5) is 28.6. The molecule has 0 atom stereocenters. The van der Waals surface area contributed by atoms with E-state index in [1.165, 1.54) is 11.0 Å². The second-order valence-corrected chi connectivity index (χ2v) is 6.21. The first-order valence-electron chi connectivity index (χ1n) is 7.99. The molecule has 0 radical (unpaired) electrons. The van der Waals surface area contributed by atoms with Gasteiger partial charge in [0.2, 0.25) is 17.6 Å². The van der Waals surface area contributed by atoms with E-state index < -0.39 is 4.92 Å². The van der Waals surface area contributed by atoms with Gasteiger partial charge in [-0.2, -0.15) is 4.98 Å². The predicted octanol–water partition coefficient (Wildman–Crippen LogP) is 3.50. The summed E-state index contributed by atoms with van der Waals surface area (Å²) in [5, 5.41) is 15.4. The molecule has 1 amide bonds. The van der Waals surface area contributed by atoms with Gasteiger partial charge >= 0.3 is 0 Å². The van der Waals surface area contributed by atoms with Gasteiger partial charge in [0.25, 0.3) is 5.69 Å². The number of nitrogens with zero attached hydrogens (tertiary/aromatic N) is 4. The Kier molecular flexibility index (Phi) is 5.46. The molecular formula is C18H15ClN4O4. The van der Waals surface area contributed by atoms with E-state index in [2.05, 4.69) is 10.1 Å². The van der Waals surface area contributed by atoms with Crippen LogP contribution in [0.3, 0.4) is 0 Å². The van der Waals surface area contributed by atoms with Gasteiger partial charge in [0.15, 0.2) is 0 Å². The van der Waals surface area contributed by atoms with Gasteiger partial charge < -0.3 is 9.42 Å². The van der Waals surface area contributed by atoms with Crippen LogP contribution in [0, 0.1) is 10.1 Å². The third-order valence-corrected chi connectivity index (χ3v) is 4.24. The monoisotopic (exact) mass is 386 g/mol. The topological polar surface area (TPSA) is 102 Å². The van der Waals surface area contributed by atoms with E-state index in [1.54, 1.807) is 49.5 Å². The molecule has 3 aromatic rings. The van der Waals surface area contributed by atoms with Crippen molar-refractivity contribution in [1.29, 1.82) is 0 Å². The highest BCUT2D eigenvalue weighted by atomic mass is 35.5. The Bertz CT molecular complexity index is 989. The Labute approximate surface area is 159 Å². The first kappa shape index (κ1) is 18.5. The zero-order valence-electron chi connectivity index (χ0n) is 14.3. The molecule has 1 heterocycles. The number of nitro groups is 1. The molecule has 0 N–H and O–H groups in total. The Morgan fingerprint density at radius 1 is 1.22 bits per heavy atom. The number of nitro benzene ring substituents is 1. The summed E-state index contributed by atoms with van der Waals surface area (Å²) < 4.78 is 5.19. The van der Waals surface area contributed by atoms with Gasteiger partial charge in [-0.1, -0.05) is 47.1 Å². The lowest BCUT2D eigenvalue weighted by Crippen LogP contribution is -2.28. The minimum atomic E-state index is -0.503. The summed E-state index contributed by atoms with van der Waals surface area (Å²) in [5.74, 6) is 0.264. The van der Waals surface area contributed by atoms with Crippen LogP contribution in [0.15, 0.2) is 53.1 Å². The van der Waals surface area contributed by atoms with Gasteiger partial charge in [0.05, 0.1) is 22.9 Å². The molecule has 3 rings (SSSR count). The van der Waals surface area contributed by atoms with Crippen molar-refractivity contribution in [2.45, 2.75) is 13.0 Å². The van der Waals surface area contributed by atoms with Crippen molar-refractivity contribution in [2.24, 2.45) is 0 Å². The van der Waals surface area contributed by atoms with Gasteiger partial charge in [-0.15, -0.1) is 0 Å². The average molecular weight is 387 g/mol. The Morgan fingerprint density at radius 3 is 2.67 bits per heavy atom. The average Bonchev–Trinajstić information content (AvgIpc) is 3.10. The summed E-state index contributed by atoms with van der Waals surface area (Å²) in [6.07, 6.45) is -0.0981. The van der Waals surface area contributed by atoms with Gasteiger partial charge in [-0.25, -0.2) is 0 Å². The zero-order valence-corrected chi connectivity index (χ0v) is 15.1. The van der Waals surface area contributed by atoms with Crippen LogP contribution in [0.25, 0.3) is 11.4 Å². The van der Waals surface area contributed by atoms with Crippen LogP contribution in [-0.4, -0.2) is 32.9 Å². The molecule has 0 saturated heterocycles. The second-order valence-electron chi connectivity index (χ2n) is 5.80. The van der Waals surface area contributed by atoms with Crippen LogP contribution in [-0.2, 0) is 17.8 Å². The highest BCUT2D eigenvalue weighted by Gasteiger charge is 2.20. The van der Waals surface area contributed by atoms with Crippen LogP contribution in [0.2, 0.25) is 5.02 Å². The Morgan fingerprint density at radius 2 is 1.93 bits per heavy atom. The fourth-order valence-corrected chi connectivity index (χ4v) is 2.72. The summed E-state index contributed by atoms with van der Waals surface area (Å²) in [6.45, 7) is 0.0803. The molecule has 0 fully saturated rings. The van der Waals surface area contributed by atoms with E-state index in [0.29, 0.717) is 22.0 Å². The molecule has 27 heavy (non-hydrogen) atoms. The highest BCUT2D eigenvalue weighted by Crippen LogP contribution is 2.25. The number of hydrogen-bond donors (Lipinski definition) is 0. The fourth-order valence-electron chi connectivity index (χ4n) is 2.50. The van der Waals surface area contributed by atoms with Crippen molar-refractivity contribution in [1.82, 2.24) is 15.0 Å². The van der Waals surface area contributed by atoms with E-state index >= 15 is 0 Å². The number of amides is 1. The number of carbonyl (C=O) groups excluding carboxylic acids is 1. The number of benzene rings is 2. The van der Waals surface area contributed by atoms with Crippen LogP contribution in [0.5, 0.6) is 0 Å². The SMILES string of the molecule is CN(Cc1nc(-c2ccccc2Cl)no1)C(=O)Cc1ccccc1[N+](=O)[O-]. The lowest BCUT2D eigenvalue weighted by atomic mass is 10.1. The molecule has 1 aromatic heterocycles. The predicted molar refractivity (Wildman–Crippen MR) is 98.0 cm³/mol. The maximum absolute atomic E-state index is 12.4. The molecule has 0 aliphatic carbocycles. The standard InChI is InChI=1S/C18H15ClN4O4/c1-22(17(24)10-12-6-2-5-9-15(12)23(25)26)11-16-20-18(21-27-16)13-7-3-4-8-14(13)19/h2-9H,10-11H2,1H3. The van der Waals surface area contributed by atoms with E-state index in [-0.39, 0.29) is 30.5 Å². The molecule has 0 bridgehead atoms. The molecule has 0 saturated carbocycles. The Balaban J connectivity index is 1.69. The number of aromatic nitrogens is 2. The Hall–Kier alpha value is -3.26. The van der Waals surface area contributed by atoms with Crippen LogP contribution >= 0.6 is 11.6 Å². The van der Waals surface area contributed by atoms with Crippen LogP contribution < -0.4 is 0 Å². The number of para-hydroxylation sites is 1. The summed E-state index contributed by atoms with van der Waals surface area (Å²) >= 11 is 6.11. The van der Waals surface area contributed by atoms with Crippen molar-refractivity contribution >= 4 is 23.2 Å². The molecular weight excluding hydrogens is 372 g/mol. The summed E-state index contributed by atoms with van der Waals surface area (Å²) in [5.41, 5.74) is 0.891. The number of carbonyl (C=O) groups is 1. The molecule has 138 valence electrons. The van der Waals surface area contributed by atoms with Crippen LogP contribution in [0.1, 0.15) is 11.5 Å². The van der Waals surface area contributed by atoms with E-state index in [0.717, 1.165) is 0 Å². The summed E-state index contributed by atoms with van der Waals surface area (Å²) in [7, 11) is 1.57. The van der Waals surface area contributed by atoms with Gasteiger partial charge in [0.1, 0.15) is 0 Å². The molecule has 0 spiro atoms. The van der Waals surface area contributed by atoms with Gasteiger partial charge in [0, 0.05) is 24.2 Å². The van der Waals surface area contributed by atoms with Crippen molar-refractivity contribution in [3.63, 3.8) is 0 Å². The first-order chi connectivity index (χ1) is 13.0. The molecule has 0 aliphatic heterocycles.